The van der Waals surface area contributed by atoms with Crippen molar-refractivity contribution in [1.82, 2.24) is 4.90 Å². The third kappa shape index (κ3) is 2.33. The van der Waals surface area contributed by atoms with Gasteiger partial charge in [-0.3, -0.25) is 4.79 Å². The highest BCUT2D eigenvalue weighted by Crippen LogP contribution is 2.63. The molecular formula is C19H27N3O2. The van der Waals surface area contributed by atoms with Crippen molar-refractivity contribution in [3.63, 3.8) is 0 Å². The number of fused-ring (bicyclic) bond motifs is 2. The van der Waals surface area contributed by atoms with E-state index < -0.39 is 0 Å². The Hall–Kier alpha value is -1.59. The highest BCUT2D eigenvalue weighted by molar-refractivity contribution is 5.94. The largest absolute Gasteiger partial charge is 0.381 e. The number of carbonyl (C=O) groups excluding carboxylic acids is 1. The van der Waals surface area contributed by atoms with E-state index in [1.807, 2.05) is 18.2 Å². The number of amides is 1. The van der Waals surface area contributed by atoms with Gasteiger partial charge in [0.25, 0.3) is 0 Å². The average molecular weight is 329 g/mol. The van der Waals surface area contributed by atoms with E-state index >= 15 is 0 Å². The van der Waals surface area contributed by atoms with Gasteiger partial charge in [0.1, 0.15) is 0 Å². The minimum absolute atomic E-state index is 0.319. The Kier molecular flexibility index (Phi) is 3.81. The second kappa shape index (κ2) is 5.74. The number of nitrogens with two attached hydrogens (primary N) is 1. The Morgan fingerprint density at radius 3 is 2.83 bits per heavy atom. The van der Waals surface area contributed by atoms with E-state index in [2.05, 4.69) is 24.3 Å². The first-order valence-corrected chi connectivity index (χ1v) is 8.97. The molecule has 1 aromatic rings. The van der Waals surface area contributed by atoms with Gasteiger partial charge in [0.2, 0.25) is 5.91 Å². The van der Waals surface area contributed by atoms with E-state index in [9.17, 15) is 4.79 Å². The fourth-order valence-corrected chi connectivity index (χ4v) is 4.97. The van der Waals surface area contributed by atoms with Crippen molar-refractivity contribution in [1.29, 1.82) is 0 Å². The van der Waals surface area contributed by atoms with Crippen LogP contribution in [0.25, 0.3) is 0 Å². The van der Waals surface area contributed by atoms with Crippen molar-refractivity contribution >= 4 is 11.6 Å². The Morgan fingerprint density at radius 2 is 2.21 bits per heavy atom. The molecule has 1 spiro atoms. The monoisotopic (exact) mass is 329 g/mol. The van der Waals surface area contributed by atoms with Crippen molar-refractivity contribution in [2.24, 2.45) is 17.1 Å². The molecule has 130 valence electrons. The summed E-state index contributed by atoms with van der Waals surface area (Å²) in [5, 5.41) is 3.80. The van der Waals surface area contributed by atoms with Gasteiger partial charge < -0.3 is 20.7 Å². The lowest BCUT2D eigenvalue weighted by molar-refractivity contribution is -0.158. The highest BCUT2D eigenvalue weighted by Gasteiger charge is 2.66. The quantitative estimate of drug-likeness (QED) is 0.869. The van der Waals surface area contributed by atoms with Crippen molar-refractivity contribution in [2.75, 3.05) is 26.0 Å². The van der Waals surface area contributed by atoms with Gasteiger partial charge in [-0.25, -0.2) is 0 Å². The summed E-state index contributed by atoms with van der Waals surface area (Å²) >= 11 is 0. The predicted octanol–water partition coefficient (Wildman–Crippen LogP) is 2.22. The summed E-state index contributed by atoms with van der Waals surface area (Å²) in [5.41, 5.74) is 8.65. The van der Waals surface area contributed by atoms with E-state index in [0.29, 0.717) is 29.0 Å². The first-order valence-electron chi connectivity index (χ1n) is 8.97. The van der Waals surface area contributed by atoms with Crippen LogP contribution in [0.15, 0.2) is 18.2 Å². The van der Waals surface area contributed by atoms with E-state index in [-0.39, 0.29) is 5.91 Å². The van der Waals surface area contributed by atoms with E-state index in [0.717, 1.165) is 25.3 Å². The molecule has 0 bridgehead atoms. The maximum atomic E-state index is 11.6. The molecule has 3 N–H and O–H groups in total. The third-order valence-corrected chi connectivity index (χ3v) is 6.23. The summed E-state index contributed by atoms with van der Waals surface area (Å²) in [4.78, 5) is 13.7. The standard InChI is InChI=1S/C19H27N3O2/c1-22(2)11-13-5-4-12(18(20)23)10-15(13)21-16-14-6-9-24-17(14)19(16)7-3-8-19/h4-5,10,14,16-17,21H,3,6-9,11H2,1-2H3,(H2,20,23)/t14-,16-,17+/m1/s1. The van der Waals surface area contributed by atoms with Crippen LogP contribution in [0.3, 0.4) is 0 Å². The Bertz CT molecular complexity index is 654. The normalized spacial score (nSPS) is 29.9. The molecule has 4 rings (SSSR count). The van der Waals surface area contributed by atoms with Gasteiger partial charge >= 0.3 is 0 Å². The molecule has 3 atom stereocenters. The molecule has 5 nitrogen and oxygen atoms in total. The zero-order chi connectivity index (χ0) is 16.9. The minimum atomic E-state index is -0.372. The highest BCUT2D eigenvalue weighted by atomic mass is 16.5. The van der Waals surface area contributed by atoms with Crippen LogP contribution in [0.4, 0.5) is 5.69 Å². The molecule has 3 fully saturated rings. The molecule has 1 heterocycles. The van der Waals surface area contributed by atoms with Crippen molar-refractivity contribution in [3.8, 4) is 0 Å². The van der Waals surface area contributed by atoms with Crippen LogP contribution in [0.1, 0.15) is 41.6 Å². The van der Waals surface area contributed by atoms with Crippen LogP contribution < -0.4 is 11.1 Å². The molecule has 3 aliphatic rings. The fourth-order valence-electron chi connectivity index (χ4n) is 4.97. The van der Waals surface area contributed by atoms with Crippen LogP contribution in [-0.2, 0) is 11.3 Å². The molecular weight excluding hydrogens is 302 g/mol. The van der Waals surface area contributed by atoms with Gasteiger partial charge in [-0.15, -0.1) is 0 Å². The lowest BCUT2D eigenvalue weighted by atomic mass is 9.46. The maximum Gasteiger partial charge on any atom is 0.248 e. The zero-order valence-corrected chi connectivity index (χ0v) is 14.5. The molecule has 0 aromatic heterocycles. The maximum absolute atomic E-state index is 11.6. The number of hydrogen-bond donors (Lipinski definition) is 2. The van der Waals surface area contributed by atoms with Crippen LogP contribution in [0, 0.1) is 11.3 Å². The summed E-state index contributed by atoms with van der Waals surface area (Å²) in [6, 6.07) is 6.24. The molecule has 0 unspecified atom stereocenters. The lowest BCUT2D eigenvalue weighted by Gasteiger charge is -2.63. The van der Waals surface area contributed by atoms with Crippen LogP contribution in [-0.4, -0.2) is 43.7 Å². The van der Waals surface area contributed by atoms with Crippen LogP contribution >= 0.6 is 0 Å². The smallest absolute Gasteiger partial charge is 0.248 e. The molecule has 1 aromatic carbocycles. The molecule has 2 aliphatic carbocycles. The molecule has 5 heteroatoms. The second-order valence-corrected chi connectivity index (χ2v) is 7.93. The van der Waals surface area contributed by atoms with Gasteiger partial charge in [-0.2, -0.15) is 0 Å². The van der Waals surface area contributed by atoms with Crippen molar-refractivity contribution in [2.45, 2.75) is 44.4 Å². The zero-order valence-electron chi connectivity index (χ0n) is 14.5. The number of nitrogens with zero attached hydrogens (tertiary/aromatic N) is 1. The number of rotatable bonds is 5. The Balaban J connectivity index is 1.62. The summed E-state index contributed by atoms with van der Waals surface area (Å²) in [6.07, 6.45) is 5.40. The molecule has 24 heavy (non-hydrogen) atoms. The Morgan fingerprint density at radius 1 is 1.42 bits per heavy atom. The van der Waals surface area contributed by atoms with Gasteiger partial charge in [-0.05, 0) is 51.1 Å². The van der Waals surface area contributed by atoms with Gasteiger partial charge in [0, 0.05) is 41.8 Å². The molecule has 0 radical (unpaired) electrons. The van der Waals surface area contributed by atoms with Crippen molar-refractivity contribution < 1.29 is 9.53 Å². The summed E-state index contributed by atoms with van der Waals surface area (Å²) < 4.78 is 6.01. The number of nitrogens with one attached hydrogen (secondary N) is 1. The van der Waals surface area contributed by atoms with Crippen LogP contribution in [0.5, 0.6) is 0 Å². The van der Waals surface area contributed by atoms with Crippen LogP contribution in [0.2, 0.25) is 0 Å². The Labute approximate surface area is 143 Å². The molecule has 1 amide bonds. The number of primary amides is 1. The molecule has 1 aliphatic heterocycles. The summed E-state index contributed by atoms with van der Waals surface area (Å²) in [7, 11) is 4.12. The van der Waals surface area contributed by atoms with E-state index in [1.54, 1.807) is 0 Å². The summed E-state index contributed by atoms with van der Waals surface area (Å²) in [5.74, 6) is 0.234. The molecule has 1 saturated heterocycles. The number of anilines is 1. The summed E-state index contributed by atoms with van der Waals surface area (Å²) in [6.45, 7) is 1.73. The van der Waals surface area contributed by atoms with Crippen molar-refractivity contribution in [3.05, 3.63) is 29.3 Å². The minimum Gasteiger partial charge on any atom is -0.381 e. The van der Waals surface area contributed by atoms with Gasteiger partial charge in [0.15, 0.2) is 0 Å². The van der Waals surface area contributed by atoms with E-state index in [1.165, 1.54) is 24.8 Å². The topological polar surface area (TPSA) is 67.6 Å². The first kappa shape index (κ1) is 15.9. The second-order valence-electron chi connectivity index (χ2n) is 7.93. The van der Waals surface area contributed by atoms with E-state index in [4.69, 9.17) is 10.5 Å². The van der Waals surface area contributed by atoms with Gasteiger partial charge in [-0.1, -0.05) is 12.5 Å². The molecule has 2 saturated carbocycles. The first-order chi connectivity index (χ1) is 11.5. The fraction of sp³-hybridized carbons (Fsp3) is 0.632. The number of benzene rings is 1. The number of hydrogen-bond acceptors (Lipinski definition) is 4. The number of ether oxygens (including phenoxy) is 1. The SMILES string of the molecule is CN(C)Cc1ccc(C(N)=O)cc1N[C@@H]1[C@H]2CCO[C@@H]2C12CCC2. The third-order valence-electron chi connectivity index (χ3n) is 6.23. The predicted molar refractivity (Wildman–Crippen MR) is 93.9 cm³/mol. The average Bonchev–Trinajstić information content (AvgIpc) is 2.89. The van der Waals surface area contributed by atoms with Gasteiger partial charge in [0.05, 0.1) is 6.10 Å². The number of carbonyl (C=O) groups is 1. The lowest BCUT2D eigenvalue weighted by Crippen LogP contribution is -2.68.